The third kappa shape index (κ3) is 3.57. The number of benzene rings is 1. The first-order valence-corrected chi connectivity index (χ1v) is 8.02. The van der Waals surface area contributed by atoms with Gasteiger partial charge in [-0.1, -0.05) is 11.6 Å². The van der Waals surface area contributed by atoms with Crippen LogP contribution in [0.5, 0.6) is 0 Å². The lowest BCUT2D eigenvalue weighted by atomic mass is 10.1. The van der Waals surface area contributed by atoms with E-state index in [0.717, 1.165) is 19.4 Å². The molecule has 1 aromatic carbocycles. The fourth-order valence-electron chi connectivity index (χ4n) is 3.14. The molecule has 0 saturated carbocycles. The molecule has 4 nitrogen and oxygen atoms in total. The number of halogens is 2. The van der Waals surface area contributed by atoms with Crippen LogP contribution in [0.2, 0.25) is 5.02 Å². The van der Waals surface area contributed by atoms with Gasteiger partial charge in [-0.25, -0.2) is 4.39 Å². The van der Waals surface area contributed by atoms with Gasteiger partial charge in [0.2, 0.25) is 5.91 Å². The highest BCUT2D eigenvalue weighted by atomic mass is 35.5. The van der Waals surface area contributed by atoms with E-state index in [4.69, 9.17) is 11.6 Å². The van der Waals surface area contributed by atoms with Crippen molar-refractivity contribution in [2.75, 3.05) is 18.4 Å². The average Bonchev–Trinajstić information content (AvgIpc) is 3.10. The highest BCUT2D eigenvalue weighted by molar-refractivity contribution is 6.33. The molecule has 1 fully saturated rings. The summed E-state index contributed by atoms with van der Waals surface area (Å²) in [5, 5.41) is 2.97. The lowest BCUT2D eigenvalue weighted by Gasteiger charge is -2.24. The molecule has 2 heterocycles. The zero-order valence-electron chi connectivity index (χ0n) is 12.9. The molecule has 0 bridgehead atoms. The summed E-state index contributed by atoms with van der Waals surface area (Å²) < 4.78 is 15.1. The predicted molar refractivity (Wildman–Crippen MR) is 89.0 cm³/mol. The maximum absolute atomic E-state index is 13.1. The summed E-state index contributed by atoms with van der Waals surface area (Å²) in [7, 11) is 2.02. The molecule has 1 amide bonds. The Morgan fingerprint density at radius 1 is 1.43 bits per heavy atom. The van der Waals surface area contributed by atoms with E-state index in [-0.39, 0.29) is 17.0 Å². The van der Waals surface area contributed by atoms with Crippen LogP contribution < -0.4 is 5.32 Å². The molecular weight excluding hydrogens is 317 g/mol. The van der Waals surface area contributed by atoms with Crippen LogP contribution in [0.4, 0.5) is 10.1 Å². The van der Waals surface area contributed by atoms with Gasteiger partial charge in [0, 0.05) is 18.9 Å². The van der Waals surface area contributed by atoms with Gasteiger partial charge in [-0.3, -0.25) is 9.69 Å². The maximum Gasteiger partial charge on any atom is 0.238 e. The number of hydrogen-bond acceptors (Lipinski definition) is 2. The van der Waals surface area contributed by atoms with Crippen molar-refractivity contribution in [3.63, 3.8) is 0 Å². The zero-order valence-corrected chi connectivity index (χ0v) is 13.7. The van der Waals surface area contributed by atoms with Gasteiger partial charge >= 0.3 is 0 Å². The van der Waals surface area contributed by atoms with Crippen LogP contribution in [0, 0.1) is 5.82 Å². The van der Waals surface area contributed by atoms with Crippen LogP contribution >= 0.6 is 11.6 Å². The zero-order chi connectivity index (χ0) is 16.4. The van der Waals surface area contributed by atoms with Crippen LogP contribution in [0.15, 0.2) is 36.5 Å². The first-order chi connectivity index (χ1) is 11.0. The number of hydrogen-bond donors (Lipinski definition) is 1. The molecule has 0 spiro atoms. The van der Waals surface area contributed by atoms with Crippen molar-refractivity contribution in [1.82, 2.24) is 9.47 Å². The minimum absolute atomic E-state index is 0.139. The van der Waals surface area contributed by atoms with E-state index in [0.29, 0.717) is 12.2 Å². The summed E-state index contributed by atoms with van der Waals surface area (Å²) in [6.45, 7) is 1.18. The lowest BCUT2D eigenvalue weighted by Crippen LogP contribution is -2.33. The molecule has 2 aromatic rings. The van der Waals surface area contributed by atoms with E-state index in [1.165, 1.54) is 23.9 Å². The minimum atomic E-state index is -0.420. The van der Waals surface area contributed by atoms with Crippen LogP contribution in [0.3, 0.4) is 0 Å². The van der Waals surface area contributed by atoms with Crippen molar-refractivity contribution >= 4 is 23.2 Å². The summed E-state index contributed by atoms with van der Waals surface area (Å²) in [6, 6.07) is 8.32. The minimum Gasteiger partial charge on any atom is -0.353 e. The molecular formula is C17H19ClFN3O. The Labute approximate surface area is 139 Å². The molecule has 6 heteroatoms. The number of likely N-dealkylation sites (tertiary alicyclic amines) is 1. The van der Waals surface area contributed by atoms with E-state index in [2.05, 4.69) is 20.9 Å². The van der Waals surface area contributed by atoms with Crippen molar-refractivity contribution < 1.29 is 9.18 Å². The van der Waals surface area contributed by atoms with Gasteiger partial charge in [0.05, 0.1) is 23.3 Å². The number of amides is 1. The Hall–Kier alpha value is -1.85. The van der Waals surface area contributed by atoms with Crippen LogP contribution in [0.25, 0.3) is 0 Å². The van der Waals surface area contributed by atoms with Crippen LogP contribution in [-0.4, -0.2) is 28.5 Å². The molecule has 1 saturated heterocycles. The number of anilines is 1. The van der Waals surface area contributed by atoms with E-state index < -0.39 is 5.82 Å². The fourth-order valence-corrected chi connectivity index (χ4v) is 3.35. The molecule has 3 rings (SSSR count). The SMILES string of the molecule is Cn1cccc1C1CCCN1CC(=O)Nc1ccc(F)cc1Cl. The molecule has 1 aliphatic rings. The maximum atomic E-state index is 13.1. The normalized spacial score (nSPS) is 18.3. The monoisotopic (exact) mass is 335 g/mol. The van der Waals surface area contributed by atoms with Crippen LogP contribution in [-0.2, 0) is 11.8 Å². The van der Waals surface area contributed by atoms with Crippen molar-refractivity contribution in [2.45, 2.75) is 18.9 Å². The first-order valence-electron chi connectivity index (χ1n) is 7.65. The number of carbonyl (C=O) groups excluding carboxylic acids is 1. The Bertz CT molecular complexity index is 716. The van der Waals surface area contributed by atoms with Gasteiger partial charge in [-0.05, 0) is 49.7 Å². The standard InChI is InChI=1S/C17H19ClFN3O/c1-21-8-2-4-15(21)16-5-3-9-22(16)11-17(23)20-14-7-6-12(19)10-13(14)18/h2,4,6-8,10,16H,3,5,9,11H2,1H3,(H,20,23). The number of nitrogens with one attached hydrogen (secondary N) is 1. The smallest absolute Gasteiger partial charge is 0.238 e. The molecule has 1 atom stereocenters. The molecule has 1 unspecified atom stereocenters. The summed E-state index contributed by atoms with van der Waals surface area (Å²) in [4.78, 5) is 14.5. The van der Waals surface area contributed by atoms with E-state index >= 15 is 0 Å². The van der Waals surface area contributed by atoms with Crippen molar-refractivity contribution in [1.29, 1.82) is 0 Å². The second-order valence-corrected chi connectivity index (χ2v) is 6.25. The summed E-state index contributed by atoms with van der Waals surface area (Å²) in [5.41, 5.74) is 1.66. The molecule has 1 aliphatic heterocycles. The van der Waals surface area contributed by atoms with Gasteiger partial charge in [0.25, 0.3) is 0 Å². The largest absolute Gasteiger partial charge is 0.353 e. The molecule has 23 heavy (non-hydrogen) atoms. The number of rotatable bonds is 4. The molecule has 0 aliphatic carbocycles. The number of carbonyl (C=O) groups is 1. The first kappa shape index (κ1) is 16.0. The second-order valence-electron chi connectivity index (χ2n) is 5.84. The molecule has 0 radical (unpaired) electrons. The highest BCUT2D eigenvalue weighted by Gasteiger charge is 2.29. The van der Waals surface area contributed by atoms with Crippen molar-refractivity contribution in [3.05, 3.63) is 53.1 Å². The summed E-state index contributed by atoms with van der Waals surface area (Å²) in [5.74, 6) is -0.559. The molecule has 122 valence electrons. The second kappa shape index (κ2) is 6.72. The van der Waals surface area contributed by atoms with E-state index in [1.54, 1.807) is 0 Å². The lowest BCUT2D eigenvalue weighted by molar-refractivity contribution is -0.117. The average molecular weight is 336 g/mol. The highest BCUT2D eigenvalue weighted by Crippen LogP contribution is 2.31. The Morgan fingerprint density at radius 3 is 2.96 bits per heavy atom. The fraction of sp³-hybridized carbons (Fsp3) is 0.353. The Kier molecular flexibility index (Phi) is 4.68. The van der Waals surface area contributed by atoms with E-state index in [1.807, 2.05) is 19.3 Å². The quantitative estimate of drug-likeness (QED) is 0.927. The van der Waals surface area contributed by atoms with Gasteiger partial charge in [0.1, 0.15) is 5.82 Å². The van der Waals surface area contributed by atoms with Crippen molar-refractivity contribution in [2.24, 2.45) is 7.05 Å². The number of aromatic nitrogens is 1. The topological polar surface area (TPSA) is 37.3 Å². The summed E-state index contributed by atoms with van der Waals surface area (Å²) in [6.07, 6.45) is 4.13. The summed E-state index contributed by atoms with van der Waals surface area (Å²) >= 11 is 5.95. The number of aryl methyl sites for hydroxylation is 1. The third-order valence-electron chi connectivity index (χ3n) is 4.24. The predicted octanol–water partition coefficient (Wildman–Crippen LogP) is 3.59. The van der Waals surface area contributed by atoms with E-state index in [9.17, 15) is 9.18 Å². The molecule has 1 aromatic heterocycles. The van der Waals surface area contributed by atoms with Gasteiger partial charge in [-0.2, -0.15) is 0 Å². The number of nitrogens with zero attached hydrogens (tertiary/aromatic N) is 2. The van der Waals surface area contributed by atoms with Crippen molar-refractivity contribution in [3.8, 4) is 0 Å². The van der Waals surface area contributed by atoms with Gasteiger partial charge in [0.15, 0.2) is 0 Å². The molecule has 1 N–H and O–H groups in total. The third-order valence-corrected chi connectivity index (χ3v) is 4.55. The van der Waals surface area contributed by atoms with Gasteiger partial charge < -0.3 is 9.88 Å². The Morgan fingerprint density at radius 2 is 2.26 bits per heavy atom. The Balaban J connectivity index is 1.66. The van der Waals surface area contributed by atoms with Gasteiger partial charge in [-0.15, -0.1) is 0 Å². The van der Waals surface area contributed by atoms with Crippen LogP contribution in [0.1, 0.15) is 24.6 Å².